The lowest BCUT2D eigenvalue weighted by Crippen LogP contribution is -2.43. The lowest BCUT2D eigenvalue weighted by Gasteiger charge is -2.31. The number of benzene rings is 1. The predicted octanol–water partition coefficient (Wildman–Crippen LogP) is 2.71. The molecule has 0 aliphatic carbocycles. The highest BCUT2D eigenvalue weighted by Gasteiger charge is 2.33. The molecule has 3 N–H and O–H groups in total. The number of hydrogen-bond acceptors (Lipinski definition) is 4. The third-order valence-corrected chi connectivity index (χ3v) is 8.10. The van der Waals surface area contributed by atoms with Crippen LogP contribution in [0.3, 0.4) is 0 Å². The van der Waals surface area contributed by atoms with Crippen LogP contribution in [0.25, 0.3) is 0 Å². The summed E-state index contributed by atoms with van der Waals surface area (Å²) in [7, 11) is -2.22. The number of sulfonamides is 1. The van der Waals surface area contributed by atoms with Gasteiger partial charge in [0.15, 0.2) is 0 Å². The van der Waals surface area contributed by atoms with Crippen LogP contribution in [0.4, 0.5) is 0 Å². The Hall–Kier alpha value is -2.07. The van der Waals surface area contributed by atoms with Crippen molar-refractivity contribution in [1.29, 1.82) is 0 Å². The van der Waals surface area contributed by atoms with Gasteiger partial charge in [-0.25, -0.2) is 8.42 Å². The summed E-state index contributed by atoms with van der Waals surface area (Å²) in [5.74, 6) is -1.13. The smallest absolute Gasteiger partial charge is 0.265 e. The average Bonchev–Trinajstić information content (AvgIpc) is 3.13. The number of nitrogens with one attached hydrogen (secondary N) is 1. The van der Waals surface area contributed by atoms with Crippen LogP contribution in [0.15, 0.2) is 35.4 Å². The highest BCUT2D eigenvalue weighted by Crippen LogP contribution is 2.28. The first kappa shape index (κ1) is 23.6. The number of nitrogens with two attached hydrogens (primary N) is 1. The molecule has 1 aromatic heterocycles. The molecule has 0 spiro atoms. The number of aryl methyl sites for hydroxylation is 1. The third-order valence-electron chi connectivity index (χ3n) is 5.50. The van der Waals surface area contributed by atoms with E-state index in [0.717, 1.165) is 5.56 Å². The standard InChI is InChI=1S/C20H24Cl2N4O4S/c1-12(14-3-4-16(21)17(22)9-14)24-20(28)13-5-7-26(8-6-13)31(29,30)15-10-18(19(23)27)25(2)11-15/h3-4,9-13H,5-8H2,1-2H3,(H2,23,27)(H,24,28). The lowest BCUT2D eigenvalue weighted by molar-refractivity contribution is -0.126. The van der Waals surface area contributed by atoms with Gasteiger partial charge in [0.25, 0.3) is 5.91 Å². The van der Waals surface area contributed by atoms with Crippen LogP contribution in [0.1, 0.15) is 41.9 Å². The average molecular weight is 487 g/mol. The van der Waals surface area contributed by atoms with Crippen LogP contribution < -0.4 is 11.1 Å². The Labute approximate surface area is 191 Å². The maximum Gasteiger partial charge on any atom is 0.265 e. The Morgan fingerprint density at radius 2 is 1.81 bits per heavy atom. The Bertz CT molecular complexity index is 1110. The molecule has 11 heteroatoms. The van der Waals surface area contributed by atoms with Gasteiger partial charge >= 0.3 is 0 Å². The van der Waals surface area contributed by atoms with Crippen molar-refractivity contribution in [1.82, 2.24) is 14.2 Å². The van der Waals surface area contributed by atoms with Crippen LogP contribution >= 0.6 is 23.2 Å². The summed E-state index contributed by atoms with van der Waals surface area (Å²) in [6.07, 6.45) is 2.16. The Morgan fingerprint density at radius 3 is 2.35 bits per heavy atom. The van der Waals surface area contributed by atoms with E-state index in [1.165, 1.54) is 21.1 Å². The molecule has 1 aromatic carbocycles. The number of amides is 2. The number of primary amides is 1. The van der Waals surface area contributed by atoms with Crippen molar-refractivity contribution in [2.24, 2.45) is 18.7 Å². The van der Waals surface area contributed by atoms with E-state index in [1.807, 2.05) is 6.92 Å². The van der Waals surface area contributed by atoms with Gasteiger partial charge in [-0.3, -0.25) is 9.59 Å². The fraction of sp³-hybridized carbons (Fsp3) is 0.400. The van der Waals surface area contributed by atoms with E-state index in [1.54, 1.807) is 25.2 Å². The van der Waals surface area contributed by atoms with E-state index >= 15 is 0 Å². The molecule has 1 unspecified atom stereocenters. The molecule has 0 radical (unpaired) electrons. The largest absolute Gasteiger partial charge is 0.364 e. The number of aromatic nitrogens is 1. The molecule has 8 nitrogen and oxygen atoms in total. The van der Waals surface area contributed by atoms with Crippen LogP contribution in [0.2, 0.25) is 10.0 Å². The number of rotatable bonds is 6. The molecule has 3 rings (SSSR count). The summed E-state index contributed by atoms with van der Waals surface area (Å²) in [5, 5.41) is 3.82. The minimum absolute atomic E-state index is 0.0138. The zero-order valence-electron chi connectivity index (χ0n) is 17.1. The number of nitrogens with zero attached hydrogens (tertiary/aromatic N) is 2. The quantitative estimate of drug-likeness (QED) is 0.652. The first-order valence-corrected chi connectivity index (χ1v) is 11.9. The highest BCUT2D eigenvalue weighted by molar-refractivity contribution is 7.89. The molecule has 168 valence electrons. The van der Waals surface area contributed by atoms with Crippen LogP contribution in [-0.4, -0.2) is 42.2 Å². The van der Waals surface area contributed by atoms with Crippen LogP contribution in [0, 0.1) is 5.92 Å². The maximum atomic E-state index is 12.9. The third kappa shape index (κ3) is 5.06. The second kappa shape index (κ2) is 9.20. The summed E-state index contributed by atoms with van der Waals surface area (Å²) >= 11 is 12.0. The van der Waals surface area contributed by atoms with Gasteiger partial charge in [-0.05, 0) is 43.5 Å². The van der Waals surface area contributed by atoms with E-state index in [-0.39, 0.29) is 41.5 Å². The Kier molecular flexibility index (Phi) is 7.00. The molecule has 1 aliphatic heterocycles. The van der Waals surface area contributed by atoms with Crippen molar-refractivity contribution >= 4 is 45.0 Å². The topological polar surface area (TPSA) is 114 Å². The van der Waals surface area contributed by atoms with E-state index < -0.39 is 15.9 Å². The minimum Gasteiger partial charge on any atom is -0.364 e. The second-order valence-corrected chi connectivity index (χ2v) is 10.4. The molecule has 0 bridgehead atoms. The van der Waals surface area contributed by atoms with Gasteiger partial charge < -0.3 is 15.6 Å². The zero-order valence-corrected chi connectivity index (χ0v) is 19.5. The molecule has 1 aliphatic rings. The molecule has 1 fully saturated rings. The van der Waals surface area contributed by atoms with Crippen molar-refractivity contribution in [3.05, 3.63) is 51.8 Å². The second-order valence-electron chi connectivity index (χ2n) is 7.62. The van der Waals surface area contributed by atoms with Gasteiger partial charge in [0.1, 0.15) is 10.6 Å². The first-order valence-electron chi connectivity index (χ1n) is 9.72. The van der Waals surface area contributed by atoms with Crippen molar-refractivity contribution < 1.29 is 18.0 Å². The molecular formula is C20H24Cl2N4O4S. The number of carbonyl (C=O) groups excluding carboxylic acids is 2. The summed E-state index contributed by atoms with van der Waals surface area (Å²) < 4.78 is 28.5. The van der Waals surface area contributed by atoms with E-state index in [0.29, 0.717) is 22.9 Å². The van der Waals surface area contributed by atoms with Gasteiger partial charge in [-0.15, -0.1) is 0 Å². The van der Waals surface area contributed by atoms with Crippen molar-refractivity contribution in [3.63, 3.8) is 0 Å². The normalized spacial score (nSPS) is 16.8. The number of piperidine rings is 1. The van der Waals surface area contributed by atoms with Crippen molar-refractivity contribution in [2.75, 3.05) is 13.1 Å². The Balaban J connectivity index is 1.62. The van der Waals surface area contributed by atoms with Crippen molar-refractivity contribution in [2.45, 2.75) is 30.7 Å². The summed E-state index contributed by atoms with van der Waals surface area (Å²) in [5.41, 5.74) is 6.22. The molecule has 1 atom stereocenters. The van der Waals surface area contributed by atoms with Gasteiger partial charge in [-0.1, -0.05) is 29.3 Å². The Morgan fingerprint density at radius 1 is 1.16 bits per heavy atom. The molecule has 31 heavy (non-hydrogen) atoms. The monoisotopic (exact) mass is 486 g/mol. The molecule has 2 aromatic rings. The van der Waals surface area contributed by atoms with Gasteiger partial charge in [0.05, 0.1) is 16.1 Å². The van der Waals surface area contributed by atoms with E-state index in [2.05, 4.69) is 5.32 Å². The predicted molar refractivity (Wildman–Crippen MR) is 118 cm³/mol. The molecule has 2 heterocycles. The first-order chi connectivity index (χ1) is 14.5. The molecular weight excluding hydrogens is 463 g/mol. The van der Waals surface area contributed by atoms with Gasteiger partial charge in [-0.2, -0.15) is 4.31 Å². The summed E-state index contributed by atoms with van der Waals surface area (Å²) in [4.78, 5) is 24.1. The minimum atomic E-state index is -3.78. The maximum absolute atomic E-state index is 12.9. The summed E-state index contributed by atoms with van der Waals surface area (Å²) in [6, 6.07) is 6.20. The van der Waals surface area contributed by atoms with Crippen molar-refractivity contribution in [3.8, 4) is 0 Å². The van der Waals surface area contributed by atoms with Gasteiger partial charge in [0.2, 0.25) is 15.9 Å². The molecule has 1 saturated heterocycles. The molecule has 2 amide bonds. The zero-order chi connectivity index (χ0) is 22.9. The lowest BCUT2D eigenvalue weighted by atomic mass is 9.96. The number of halogens is 2. The van der Waals surface area contributed by atoms with Crippen LogP contribution in [-0.2, 0) is 21.9 Å². The number of carbonyl (C=O) groups is 2. The fourth-order valence-electron chi connectivity index (χ4n) is 3.62. The van der Waals surface area contributed by atoms with Gasteiger partial charge in [0, 0.05) is 32.3 Å². The fourth-order valence-corrected chi connectivity index (χ4v) is 5.47. The number of hydrogen-bond donors (Lipinski definition) is 2. The van der Waals surface area contributed by atoms with E-state index in [9.17, 15) is 18.0 Å². The highest BCUT2D eigenvalue weighted by atomic mass is 35.5. The molecule has 0 saturated carbocycles. The van der Waals surface area contributed by atoms with E-state index in [4.69, 9.17) is 28.9 Å². The summed E-state index contributed by atoms with van der Waals surface area (Å²) in [6.45, 7) is 2.27. The SMILES string of the molecule is CC(NC(=O)C1CCN(S(=O)(=O)c2cc(C(N)=O)n(C)c2)CC1)c1ccc(Cl)c(Cl)c1. The van der Waals surface area contributed by atoms with Crippen LogP contribution in [0.5, 0.6) is 0 Å².